The first-order valence-electron chi connectivity index (χ1n) is 10.2. The van der Waals surface area contributed by atoms with Crippen molar-refractivity contribution >= 4 is 39.6 Å². The van der Waals surface area contributed by atoms with Crippen LogP contribution < -0.4 is 9.80 Å². The summed E-state index contributed by atoms with van der Waals surface area (Å²) in [5.41, 5.74) is 4.50. The zero-order chi connectivity index (χ0) is 20.3. The van der Waals surface area contributed by atoms with Crippen LogP contribution in [0.1, 0.15) is 12.8 Å². The van der Waals surface area contributed by atoms with Gasteiger partial charge in [0.05, 0.1) is 5.52 Å². The Morgan fingerprint density at radius 1 is 0.800 bits per heavy atom. The van der Waals surface area contributed by atoms with Gasteiger partial charge in [-0.15, -0.1) is 0 Å². The number of aromatic nitrogens is 3. The van der Waals surface area contributed by atoms with E-state index in [0.717, 1.165) is 41.9 Å². The average molecular weight is 416 g/mol. The summed E-state index contributed by atoms with van der Waals surface area (Å²) in [6.07, 6.45) is 11.4. The number of halogens is 1. The van der Waals surface area contributed by atoms with Gasteiger partial charge in [-0.05, 0) is 61.4 Å². The van der Waals surface area contributed by atoms with Crippen LogP contribution in [0.4, 0.5) is 17.1 Å². The Balaban J connectivity index is 1.41. The van der Waals surface area contributed by atoms with Gasteiger partial charge in [0.1, 0.15) is 0 Å². The summed E-state index contributed by atoms with van der Waals surface area (Å²) in [4.78, 5) is 17.8. The van der Waals surface area contributed by atoms with E-state index in [4.69, 9.17) is 11.6 Å². The van der Waals surface area contributed by atoms with Crippen LogP contribution in [-0.4, -0.2) is 34.1 Å². The molecule has 150 valence electrons. The molecule has 1 fully saturated rings. The molecule has 0 atom stereocenters. The number of nitrogens with zero attached hydrogens (tertiary/aromatic N) is 5. The first-order valence-corrected chi connectivity index (χ1v) is 10.6. The van der Waals surface area contributed by atoms with Gasteiger partial charge in [0.15, 0.2) is 0 Å². The number of fused-ring (bicyclic) bond motifs is 1. The van der Waals surface area contributed by atoms with E-state index in [2.05, 4.69) is 61.1 Å². The Morgan fingerprint density at radius 3 is 2.07 bits per heavy atom. The van der Waals surface area contributed by atoms with E-state index in [1.165, 1.54) is 17.1 Å². The molecule has 30 heavy (non-hydrogen) atoms. The highest BCUT2D eigenvalue weighted by Crippen LogP contribution is 2.34. The number of hydrogen-bond acceptors (Lipinski definition) is 5. The smallest absolute Gasteiger partial charge is 0.0737 e. The molecular weight excluding hydrogens is 394 g/mol. The van der Waals surface area contributed by atoms with Gasteiger partial charge in [-0.25, -0.2) is 0 Å². The zero-order valence-electron chi connectivity index (χ0n) is 16.5. The first-order chi connectivity index (χ1) is 14.8. The molecule has 1 saturated heterocycles. The quantitative estimate of drug-likeness (QED) is 0.441. The number of piperidine rings is 1. The fourth-order valence-corrected chi connectivity index (χ4v) is 4.49. The van der Waals surface area contributed by atoms with E-state index < -0.39 is 0 Å². The molecule has 0 spiro atoms. The molecule has 4 aromatic rings. The van der Waals surface area contributed by atoms with Crippen molar-refractivity contribution in [1.29, 1.82) is 0 Å². The fourth-order valence-electron chi connectivity index (χ4n) is 4.33. The van der Waals surface area contributed by atoms with Crippen molar-refractivity contribution in [3.05, 3.63) is 84.5 Å². The lowest BCUT2D eigenvalue weighted by molar-refractivity contribution is 0.494. The Kier molecular flexibility index (Phi) is 5.20. The molecule has 1 aliphatic heterocycles. The second-order valence-corrected chi connectivity index (χ2v) is 7.93. The van der Waals surface area contributed by atoms with E-state index >= 15 is 0 Å². The van der Waals surface area contributed by atoms with Crippen molar-refractivity contribution in [2.24, 2.45) is 0 Å². The van der Waals surface area contributed by atoms with Crippen LogP contribution in [0.25, 0.3) is 10.9 Å². The topological polar surface area (TPSA) is 45.2 Å². The van der Waals surface area contributed by atoms with E-state index in [0.29, 0.717) is 6.04 Å². The molecule has 5 rings (SSSR count). The molecular formula is C24H22ClN5. The number of benzene rings is 1. The lowest BCUT2D eigenvalue weighted by Crippen LogP contribution is -2.43. The highest BCUT2D eigenvalue weighted by molar-refractivity contribution is 6.31. The third-order valence-electron chi connectivity index (χ3n) is 5.73. The van der Waals surface area contributed by atoms with E-state index in [-0.39, 0.29) is 0 Å². The lowest BCUT2D eigenvalue weighted by atomic mass is 10.00. The molecule has 1 aliphatic rings. The highest BCUT2D eigenvalue weighted by atomic mass is 35.5. The molecule has 5 nitrogen and oxygen atoms in total. The Bertz CT molecular complexity index is 1090. The molecule has 0 saturated carbocycles. The molecule has 1 aromatic carbocycles. The lowest BCUT2D eigenvalue weighted by Gasteiger charge is -2.40. The standard InChI is InChI=1S/C24H22ClN5/c25-18-1-2-22-23(17-18)28-14-7-24(22)29-15-8-21(9-16-29)30(19-3-10-26-11-4-19)20-5-12-27-13-6-20/h1-7,10-14,17,21H,8-9,15-16H2. The van der Waals surface area contributed by atoms with Crippen LogP contribution in [0.5, 0.6) is 0 Å². The van der Waals surface area contributed by atoms with E-state index in [9.17, 15) is 0 Å². The molecule has 0 N–H and O–H groups in total. The van der Waals surface area contributed by atoms with E-state index in [1.807, 2.05) is 43.1 Å². The van der Waals surface area contributed by atoms with Crippen LogP contribution in [0.15, 0.2) is 79.5 Å². The normalized spacial score (nSPS) is 14.8. The van der Waals surface area contributed by atoms with E-state index in [1.54, 1.807) is 0 Å². The third-order valence-corrected chi connectivity index (χ3v) is 5.97. The van der Waals surface area contributed by atoms with Crippen LogP contribution in [-0.2, 0) is 0 Å². The maximum atomic E-state index is 6.16. The van der Waals surface area contributed by atoms with Crippen LogP contribution >= 0.6 is 11.6 Å². The fraction of sp³-hybridized carbons (Fsp3) is 0.208. The predicted molar refractivity (Wildman–Crippen MR) is 123 cm³/mol. The monoisotopic (exact) mass is 415 g/mol. The molecule has 4 heterocycles. The van der Waals surface area contributed by atoms with Crippen molar-refractivity contribution in [1.82, 2.24) is 15.0 Å². The van der Waals surface area contributed by atoms with Gasteiger partial charge in [0.25, 0.3) is 0 Å². The Morgan fingerprint density at radius 2 is 1.43 bits per heavy atom. The van der Waals surface area contributed by atoms with Crippen molar-refractivity contribution < 1.29 is 0 Å². The second kappa shape index (κ2) is 8.28. The highest BCUT2D eigenvalue weighted by Gasteiger charge is 2.27. The minimum atomic E-state index is 0.411. The number of hydrogen-bond donors (Lipinski definition) is 0. The van der Waals surface area contributed by atoms with Crippen LogP contribution in [0, 0.1) is 0 Å². The molecule has 0 aliphatic carbocycles. The predicted octanol–water partition coefficient (Wildman–Crippen LogP) is 5.49. The van der Waals surface area contributed by atoms with Gasteiger partial charge in [0, 0.05) is 77.6 Å². The largest absolute Gasteiger partial charge is 0.371 e. The Hall–Kier alpha value is -3.18. The van der Waals surface area contributed by atoms with Gasteiger partial charge in [-0.3, -0.25) is 15.0 Å². The van der Waals surface area contributed by atoms with Crippen LogP contribution in [0.2, 0.25) is 5.02 Å². The summed E-state index contributed by atoms with van der Waals surface area (Å²) in [6, 6.07) is 16.8. The maximum absolute atomic E-state index is 6.16. The number of rotatable bonds is 4. The Labute approximate surface area is 181 Å². The SMILES string of the molecule is Clc1ccc2c(N3CCC(N(c4ccncc4)c4ccncc4)CC3)ccnc2c1. The molecule has 0 radical (unpaired) electrons. The molecule has 0 amide bonds. The minimum Gasteiger partial charge on any atom is -0.371 e. The summed E-state index contributed by atoms with van der Waals surface area (Å²) < 4.78 is 0. The first kappa shape index (κ1) is 18.8. The second-order valence-electron chi connectivity index (χ2n) is 7.49. The van der Waals surface area contributed by atoms with Gasteiger partial charge in [-0.1, -0.05) is 11.6 Å². The van der Waals surface area contributed by atoms with Crippen molar-refractivity contribution in [2.75, 3.05) is 22.9 Å². The summed E-state index contributed by atoms with van der Waals surface area (Å²) in [7, 11) is 0. The zero-order valence-corrected chi connectivity index (χ0v) is 17.3. The van der Waals surface area contributed by atoms with Crippen LogP contribution in [0.3, 0.4) is 0 Å². The van der Waals surface area contributed by atoms with Crippen molar-refractivity contribution in [3.8, 4) is 0 Å². The number of pyridine rings is 3. The molecule has 0 bridgehead atoms. The summed E-state index contributed by atoms with van der Waals surface area (Å²) >= 11 is 6.16. The van der Waals surface area contributed by atoms with Gasteiger partial charge >= 0.3 is 0 Å². The third kappa shape index (κ3) is 3.68. The molecule has 3 aromatic heterocycles. The minimum absolute atomic E-state index is 0.411. The summed E-state index contributed by atoms with van der Waals surface area (Å²) in [6.45, 7) is 1.97. The molecule has 6 heteroatoms. The maximum Gasteiger partial charge on any atom is 0.0737 e. The van der Waals surface area contributed by atoms with Crippen molar-refractivity contribution in [3.63, 3.8) is 0 Å². The summed E-state index contributed by atoms with van der Waals surface area (Å²) in [5, 5.41) is 1.87. The number of anilines is 3. The van der Waals surface area contributed by atoms with Gasteiger partial charge in [0.2, 0.25) is 0 Å². The van der Waals surface area contributed by atoms with Gasteiger partial charge < -0.3 is 9.80 Å². The van der Waals surface area contributed by atoms with Crippen molar-refractivity contribution in [2.45, 2.75) is 18.9 Å². The average Bonchev–Trinajstić information content (AvgIpc) is 2.81. The molecule has 0 unspecified atom stereocenters. The van der Waals surface area contributed by atoms with Gasteiger partial charge in [-0.2, -0.15) is 0 Å². The summed E-state index contributed by atoms with van der Waals surface area (Å²) in [5.74, 6) is 0.